The Balaban J connectivity index is 1.66. The maximum atomic E-state index is 12.5. The Morgan fingerprint density at radius 1 is 1.18 bits per heavy atom. The maximum absolute atomic E-state index is 12.5. The van der Waals surface area contributed by atoms with Crippen molar-refractivity contribution in [3.63, 3.8) is 0 Å². The molecule has 0 unspecified atom stereocenters. The monoisotopic (exact) mass is 444 g/mol. The maximum Gasteiger partial charge on any atom is 0.224 e. The van der Waals surface area contributed by atoms with Gasteiger partial charge in [0.05, 0.1) is 32.4 Å². The van der Waals surface area contributed by atoms with Crippen molar-refractivity contribution in [1.29, 1.82) is 0 Å². The van der Waals surface area contributed by atoms with Gasteiger partial charge < -0.3 is 14.8 Å². The van der Waals surface area contributed by atoms with Crippen LogP contribution in [0.4, 0.5) is 0 Å². The van der Waals surface area contributed by atoms with E-state index in [2.05, 4.69) is 31.3 Å². The molecule has 3 rings (SSSR count). The molecule has 3 aromatic rings. The van der Waals surface area contributed by atoms with Crippen LogP contribution in [0.15, 0.2) is 53.5 Å². The van der Waals surface area contributed by atoms with E-state index in [1.54, 1.807) is 37.4 Å². The molecule has 146 valence electrons. The van der Waals surface area contributed by atoms with E-state index in [1.807, 2.05) is 31.2 Å². The third kappa shape index (κ3) is 4.51. The Hall–Kier alpha value is -2.87. The van der Waals surface area contributed by atoms with Gasteiger partial charge in [0, 0.05) is 4.47 Å². The number of nitrogens with one attached hydrogen (secondary N) is 1. The smallest absolute Gasteiger partial charge is 0.224 e. The molecule has 0 aliphatic heterocycles. The summed E-state index contributed by atoms with van der Waals surface area (Å²) in [5.74, 6) is 1.12. The van der Waals surface area contributed by atoms with Crippen molar-refractivity contribution in [2.24, 2.45) is 0 Å². The molecule has 0 aliphatic carbocycles. The van der Waals surface area contributed by atoms with Crippen LogP contribution < -0.4 is 14.8 Å². The summed E-state index contributed by atoms with van der Waals surface area (Å²) in [6.45, 7) is 1.95. The third-order valence-corrected chi connectivity index (χ3v) is 5.10. The standard InChI is InChI=1S/C20H21BrN4O3/c1-13(14-4-6-16(7-5-14)25-12-22-11-23-25)24-20(26)9-15-8-18(27-2)19(28-3)10-17(15)21/h4-8,10-13H,9H2,1-3H3,(H,24,26)/t13-/m1/s1. The van der Waals surface area contributed by atoms with Crippen molar-refractivity contribution < 1.29 is 14.3 Å². The zero-order chi connectivity index (χ0) is 20.1. The van der Waals surface area contributed by atoms with Gasteiger partial charge in [0.2, 0.25) is 5.91 Å². The van der Waals surface area contributed by atoms with E-state index in [4.69, 9.17) is 9.47 Å². The average Bonchev–Trinajstić information content (AvgIpc) is 3.24. The first-order chi connectivity index (χ1) is 13.5. The van der Waals surface area contributed by atoms with Gasteiger partial charge in [-0.1, -0.05) is 28.1 Å². The van der Waals surface area contributed by atoms with Gasteiger partial charge in [0.15, 0.2) is 11.5 Å². The quantitative estimate of drug-likeness (QED) is 0.603. The number of hydrogen-bond acceptors (Lipinski definition) is 5. The molecule has 8 heteroatoms. The highest BCUT2D eigenvalue weighted by molar-refractivity contribution is 9.10. The molecule has 0 bridgehead atoms. The summed E-state index contributed by atoms with van der Waals surface area (Å²) in [4.78, 5) is 16.5. The molecule has 0 aliphatic rings. The van der Waals surface area contributed by atoms with E-state index in [0.717, 1.165) is 21.3 Å². The number of nitrogens with zero attached hydrogens (tertiary/aromatic N) is 3. The van der Waals surface area contributed by atoms with Gasteiger partial charge in [-0.25, -0.2) is 9.67 Å². The topological polar surface area (TPSA) is 78.3 Å². The number of amides is 1. The van der Waals surface area contributed by atoms with E-state index in [0.29, 0.717) is 11.5 Å². The number of carbonyl (C=O) groups is 1. The highest BCUT2D eigenvalue weighted by Gasteiger charge is 2.15. The Morgan fingerprint density at radius 3 is 2.46 bits per heavy atom. The molecule has 0 spiro atoms. The molecular formula is C20H21BrN4O3. The van der Waals surface area contributed by atoms with Gasteiger partial charge in [-0.05, 0) is 42.3 Å². The average molecular weight is 445 g/mol. The number of ether oxygens (including phenoxy) is 2. The molecule has 1 heterocycles. The molecule has 7 nitrogen and oxygen atoms in total. The lowest BCUT2D eigenvalue weighted by atomic mass is 10.1. The summed E-state index contributed by atoms with van der Waals surface area (Å²) in [6, 6.07) is 11.3. The predicted molar refractivity (Wildman–Crippen MR) is 109 cm³/mol. The molecule has 0 saturated heterocycles. The van der Waals surface area contributed by atoms with Crippen molar-refractivity contribution in [3.05, 3.63) is 64.7 Å². The van der Waals surface area contributed by atoms with Gasteiger partial charge in [-0.2, -0.15) is 5.10 Å². The minimum absolute atomic E-state index is 0.0826. The molecule has 1 amide bonds. The van der Waals surface area contributed by atoms with Crippen LogP contribution in [0.5, 0.6) is 11.5 Å². The normalized spacial score (nSPS) is 11.7. The number of halogens is 1. The molecule has 1 aromatic heterocycles. The van der Waals surface area contributed by atoms with Crippen LogP contribution in [0.3, 0.4) is 0 Å². The molecule has 1 atom stereocenters. The highest BCUT2D eigenvalue weighted by atomic mass is 79.9. The number of rotatable bonds is 7. The molecule has 0 radical (unpaired) electrons. The number of hydrogen-bond donors (Lipinski definition) is 1. The first kappa shape index (κ1) is 19.9. The zero-order valence-electron chi connectivity index (χ0n) is 15.8. The van der Waals surface area contributed by atoms with E-state index >= 15 is 0 Å². The summed E-state index contributed by atoms with van der Waals surface area (Å²) in [5, 5.41) is 7.13. The van der Waals surface area contributed by atoms with Gasteiger partial charge in [0.25, 0.3) is 0 Å². The van der Waals surface area contributed by atoms with Crippen molar-refractivity contribution in [3.8, 4) is 17.2 Å². The van der Waals surface area contributed by atoms with Crippen LogP contribution in [-0.2, 0) is 11.2 Å². The molecule has 1 N–H and O–H groups in total. The minimum atomic E-state index is -0.129. The number of methoxy groups -OCH3 is 2. The lowest BCUT2D eigenvalue weighted by molar-refractivity contribution is -0.121. The van der Waals surface area contributed by atoms with Crippen molar-refractivity contribution in [1.82, 2.24) is 20.1 Å². The third-order valence-electron chi connectivity index (χ3n) is 4.36. The van der Waals surface area contributed by atoms with E-state index in [1.165, 1.54) is 6.33 Å². The van der Waals surface area contributed by atoms with Gasteiger partial charge in [-0.15, -0.1) is 0 Å². The van der Waals surface area contributed by atoms with Gasteiger partial charge in [-0.3, -0.25) is 4.79 Å². The zero-order valence-corrected chi connectivity index (χ0v) is 17.4. The fourth-order valence-corrected chi connectivity index (χ4v) is 3.30. The molecule has 0 fully saturated rings. The molecule has 2 aromatic carbocycles. The summed E-state index contributed by atoms with van der Waals surface area (Å²) in [6.07, 6.45) is 3.35. The summed E-state index contributed by atoms with van der Waals surface area (Å²) < 4.78 is 13.1. The fourth-order valence-electron chi connectivity index (χ4n) is 2.84. The van der Waals surface area contributed by atoms with Gasteiger partial charge in [0.1, 0.15) is 12.7 Å². The molecular weight excluding hydrogens is 424 g/mol. The summed E-state index contributed by atoms with van der Waals surface area (Å²) in [7, 11) is 3.15. The second kappa shape index (κ2) is 8.88. The van der Waals surface area contributed by atoms with Crippen LogP contribution in [0.1, 0.15) is 24.1 Å². The Bertz CT molecular complexity index is 943. The second-order valence-corrected chi connectivity index (χ2v) is 7.05. The lowest BCUT2D eigenvalue weighted by Gasteiger charge is -2.16. The fraction of sp³-hybridized carbons (Fsp3) is 0.250. The number of carbonyl (C=O) groups excluding carboxylic acids is 1. The lowest BCUT2D eigenvalue weighted by Crippen LogP contribution is -2.28. The predicted octanol–water partition coefficient (Wildman–Crippen LogP) is 3.47. The second-order valence-electron chi connectivity index (χ2n) is 6.20. The minimum Gasteiger partial charge on any atom is -0.493 e. The first-order valence-electron chi connectivity index (χ1n) is 8.66. The Labute approximate surface area is 171 Å². The van der Waals surface area contributed by atoms with E-state index in [9.17, 15) is 4.79 Å². The number of benzene rings is 2. The Kier molecular flexibility index (Phi) is 6.30. The molecule has 28 heavy (non-hydrogen) atoms. The van der Waals surface area contributed by atoms with Crippen LogP contribution in [0.2, 0.25) is 0 Å². The van der Waals surface area contributed by atoms with Crippen molar-refractivity contribution in [2.75, 3.05) is 14.2 Å². The first-order valence-corrected chi connectivity index (χ1v) is 9.46. The van der Waals surface area contributed by atoms with Crippen molar-refractivity contribution >= 4 is 21.8 Å². The van der Waals surface area contributed by atoms with Crippen molar-refractivity contribution in [2.45, 2.75) is 19.4 Å². The van der Waals surface area contributed by atoms with Crippen LogP contribution >= 0.6 is 15.9 Å². The summed E-state index contributed by atoms with van der Waals surface area (Å²) in [5.41, 5.74) is 2.74. The van der Waals surface area contributed by atoms with E-state index in [-0.39, 0.29) is 18.4 Å². The molecule has 0 saturated carbocycles. The number of aromatic nitrogens is 3. The summed E-state index contributed by atoms with van der Waals surface area (Å²) >= 11 is 3.49. The van der Waals surface area contributed by atoms with Crippen LogP contribution in [-0.4, -0.2) is 34.9 Å². The Morgan fingerprint density at radius 2 is 1.86 bits per heavy atom. The van der Waals surface area contributed by atoms with E-state index < -0.39 is 0 Å². The van der Waals surface area contributed by atoms with Crippen LogP contribution in [0.25, 0.3) is 5.69 Å². The highest BCUT2D eigenvalue weighted by Crippen LogP contribution is 2.33. The van der Waals surface area contributed by atoms with Crippen LogP contribution in [0, 0.1) is 0 Å². The largest absolute Gasteiger partial charge is 0.493 e. The SMILES string of the molecule is COc1cc(Br)c(CC(=O)N[C@H](C)c2ccc(-n3cncn3)cc2)cc1OC. The van der Waals surface area contributed by atoms with Gasteiger partial charge >= 0.3 is 0 Å².